The van der Waals surface area contributed by atoms with Crippen LogP contribution in [0, 0.1) is 16.7 Å². The van der Waals surface area contributed by atoms with Gasteiger partial charge in [-0.25, -0.2) is 0 Å². The smallest absolute Gasteiger partial charge is 0.323 e. The highest BCUT2D eigenvalue weighted by atomic mass is 28.3. The van der Waals surface area contributed by atoms with Crippen molar-refractivity contribution in [1.82, 2.24) is 0 Å². The van der Waals surface area contributed by atoms with Crippen LogP contribution in [-0.2, 0) is 14.0 Å². The van der Waals surface area contributed by atoms with Crippen molar-refractivity contribution in [3.05, 3.63) is 0 Å². The lowest BCUT2D eigenvalue weighted by atomic mass is 9.52. The molecule has 1 rings (SSSR count). The first-order chi connectivity index (χ1) is 8.03. The van der Waals surface area contributed by atoms with Crippen molar-refractivity contribution in [3.63, 3.8) is 0 Å². The van der Waals surface area contributed by atoms with Gasteiger partial charge in [-0.05, 0) is 30.8 Å². The standard InChI is InChI=1S/C12H22O5Si/c1-11(2,3)7-6-12(9(13)14,10(15)16)8(7)17-18(4)5/h7-8,18H,6H2,1-5H3,(H,13,14)(H,15,16). The second kappa shape index (κ2) is 4.66. The Labute approximate surface area is 109 Å². The van der Waals surface area contributed by atoms with Crippen molar-refractivity contribution in [3.8, 4) is 0 Å². The first-order valence-corrected chi connectivity index (χ1v) is 8.93. The summed E-state index contributed by atoms with van der Waals surface area (Å²) in [5, 5.41) is 18.6. The van der Waals surface area contributed by atoms with E-state index in [0.717, 1.165) is 0 Å². The number of carbonyl (C=O) groups is 2. The van der Waals surface area contributed by atoms with Gasteiger partial charge >= 0.3 is 11.9 Å². The molecule has 2 atom stereocenters. The summed E-state index contributed by atoms with van der Waals surface area (Å²) >= 11 is 0. The molecule has 1 saturated carbocycles. The first-order valence-electron chi connectivity index (χ1n) is 6.15. The highest BCUT2D eigenvalue weighted by Gasteiger charge is 2.67. The zero-order valence-corrected chi connectivity index (χ0v) is 12.7. The molecule has 6 heteroatoms. The molecule has 1 fully saturated rings. The summed E-state index contributed by atoms with van der Waals surface area (Å²) in [6.07, 6.45) is -0.563. The van der Waals surface area contributed by atoms with Gasteiger partial charge in [0.25, 0.3) is 0 Å². The molecule has 104 valence electrons. The highest BCUT2D eigenvalue weighted by molar-refractivity contribution is 6.48. The number of hydrogen-bond donors (Lipinski definition) is 2. The molecule has 0 amide bonds. The van der Waals surface area contributed by atoms with Gasteiger partial charge in [0, 0.05) is 0 Å². The molecule has 0 aromatic heterocycles. The number of carboxylic acids is 2. The summed E-state index contributed by atoms with van der Waals surface area (Å²) in [6.45, 7) is 9.82. The molecule has 2 N–H and O–H groups in total. The van der Waals surface area contributed by atoms with Crippen LogP contribution < -0.4 is 0 Å². The van der Waals surface area contributed by atoms with Gasteiger partial charge in [0.2, 0.25) is 0 Å². The van der Waals surface area contributed by atoms with Crippen molar-refractivity contribution in [2.75, 3.05) is 0 Å². The molecule has 0 aromatic rings. The fourth-order valence-corrected chi connectivity index (χ4v) is 3.54. The van der Waals surface area contributed by atoms with Crippen LogP contribution in [0.2, 0.25) is 13.1 Å². The largest absolute Gasteiger partial charge is 0.480 e. The predicted molar refractivity (Wildman–Crippen MR) is 69.0 cm³/mol. The highest BCUT2D eigenvalue weighted by Crippen LogP contribution is 2.55. The van der Waals surface area contributed by atoms with Gasteiger partial charge in [-0.2, -0.15) is 0 Å². The zero-order chi connectivity index (χ0) is 14.3. The monoisotopic (exact) mass is 274 g/mol. The quantitative estimate of drug-likeness (QED) is 0.600. The number of aliphatic carboxylic acids is 2. The molecule has 0 aliphatic heterocycles. The van der Waals surface area contributed by atoms with Crippen LogP contribution in [0.3, 0.4) is 0 Å². The van der Waals surface area contributed by atoms with E-state index in [1.54, 1.807) is 0 Å². The van der Waals surface area contributed by atoms with E-state index in [4.69, 9.17) is 4.43 Å². The molecule has 18 heavy (non-hydrogen) atoms. The van der Waals surface area contributed by atoms with Crippen LogP contribution in [0.1, 0.15) is 27.2 Å². The van der Waals surface area contributed by atoms with Crippen molar-refractivity contribution in [1.29, 1.82) is 0 Å². The fourth-order valence-electron chi connectivity index (χ4n) is 2.53. The third-order valence-electron chi connectivity index (χ3n) is 3.69. The topological polar surface area (TPSA) is 83.8 Å². The Bertz CT molecular complexity index is 344. The Morgan fingerprint density at radius 3 is 1.94 bits per heavy atom. The van der Waals surface area contributed by atoms with Gasteiger partial charge in [0.1, 0.15) is 0 Å². The maximum Gasteiger partial charge on any atom is 0.323 e. The molecule has 1 aliphatic rings. The fraction of sp³-hybridized carbons (Fsp3) is 0.833. The number of carboxylic acid groups (broad SMARTS) is 2. The van der Waals surface area contributed by atoms with E-state index < -0.39 is 32.5 Å². The van der Waals surface area contributed by atoms with E-state index >= 15 is 0 Å². The third kappa shape index (κ3) is 2.31. The average molecular weight is 274 g/mol. The van der Waals surface area contributed by atoms with Crippen LogP contribution in [-0.4, -0.2) is 37.3 Å². The second-order valence-electron chi connectivity index (χ2n) is 6.36. The number of hydrogen-bond acceptors (Lipinski definition) is 3. The van der Waals surface area contributed by atoms with E-state index in [0.29, 0.717) is 0 Å². The normalized spacial score (nSPS) is 26.8. The number of rotatable bonds is 4. The van der Waals surface area contributed by atoms with E-state index in [-0.39, 0.29) is 17.8 Å². The van der Waals surface area contributed by atoms with Gasteiger partial charge in [0.05, 0.1) is 6.10 Å². The van der Waals surface area contributed by atoms with Gasteiger partial charge in [-0.3, -0.25) is 9.59 Å². The molecule has 2 unspecified atom stereocenters. The Morgan fingerprint density at radius 2 is 1.67 bits per heavy atom. The summed E-state index contributed by atoms with van der Waals surface area (Å²) in [5.74, 6) is -2.59. The van der Waals surface area contributed by atoms with Crippen LogP contribution in [0.4, 0.5) is 0 Å². The molecule has 0 heterocycles. The minimum Gasteiger partial charge on any atom is -0.480 e. The summed E-state index contributed by atoms with van der Waals surface area (Å²) in [5.41, 5.74) is -1.91. The van der Waals surface area contributed by atoms with Crippen molar-refractivity contribution in [2.24, 2.45) is 16.7 Å². The van der Waals surface area contributed by atoms with Crippen molar-refractivity contribution < 1.29 is 24.2 Å². The molecule has 0 aromatic carbocycles. The van der Waals surface area contributed by atoms with Gasteiger partial charge < -0.3 is 14.6 Å². The summed E-state index contributed by atoms with van der Waals surface area (Å²) < 4.78 is 5.74. The zero-order valence-electron chi connectivity index (χ0n) is 11.6. The van der Waals surface area contributed by atoms with Crippen molar-refractivity contribution >= 4 is 21.0 Å². The van der Waals surface area contributed by atoms with Crippen LogP contribution in [0.5, 0.6) is 0 Å². The third-order valence-corrected chi connectivity index (χ3v) is 4.53. The van der Waals surface area contributed by atoms with Crippen LogP contribution in [0.15, 0.2) is 0 Å². The molecule has 0 saturated heterocycles. The lowest BCUT2D eigenvalue weighted by molar-refractivity contribution is -0.203. The van der Waals surface area contributed by atoms with E-state index in [1.165, 1.54) is 0 Å². The molecule has 0 bridgehead atoms. The summed E-state index contributed by atoms with van der Waals surface area (Å²) in [7, 11) is -1.50. The SMILES string of the molecule is C[SiH](C)OC1C(C(C)(C)C)CC1(C(=O)O)C(=O)O. The van der Waals surface area contributed by atoms with E-state index in [1.807, 2.05) is 33.9 Å². The maximum absolute atomic E-state index is 11.4. The molecule has 5 nitrogen and oxygen atoms in total. The summed E-state index contributed by atoms with van der Waals surface area (Å²) in [4.78, 5) is 22.7. The Hall–Kier alpha value is -0.883. The minimum absolute atomic E-state index is 0.0281. The molecule has 1 aliphatic carbocycles. The second-order valence-corrected chi connectivity index (χ2v) is 8.73. The van der Waals surface area contributed by atoms with Crippen molar-refractivity contribution in [2.45, 2.75) is 46.4 Å². The van der Waals surface area contributed by atoms with Crippen LogP contribution in [0.25, 0.3) is 0 Å². The predicted octanol–water partition coefficient (Wildman–Crippen LogP) is 1.58. The van der Waals surface area contributed by atoms with E-state index in [9.17, 15) is 19.8 Å². The Kier molecular flexibility index (Phi) is 3.93. The maximum atomic E-state index is 11.4. The molecular formula is C12H22O5Si. The van der Waals surface area contributed by atoms with Gasteiger partial charge in [0.15, 0.2) is 14.5 Å². The molecular weight excluding hydrogens is 252 g/mol. The Morgan fingerprint density at radius 1 is 1.22 bits per heavy atom. The van der Waals surface area contributed by atoms with Gasteiger partial charge in [-0.15, -0.1) is 0 Å². The van der Waals surface area contributed by atoms with Gasteiger partial charge in [-0.1, -0.05) is 20.8 Å². The average Bonchev–Trinajstić information content (AvgIpc) is 2.09. The van der Waals surface area contributed by atoms with Crippen LogP contribution >= 0.6 is 0 Å². The lowest BCUT2D eigenvalue weighted by Crippen LogP contribution is -2.66. The molecule has 0 spiro atoms. The summed E-state index contributed by atoms with van der Waals surface area (Å²) in [6, 6.07) is 0. The lowest BCUT2D eigenvalue weighted by Gasteiger charge is -2.54. The Balaban J connectivity index is 3.09. The molecule has 0 radical (unpaired) electrons. The van der Waals surface area contributed by atoms with E-state index in [2.05, 4.69) is 0 Å². The minimum atomic E-state index is -1.75. The first kappa shape index (κ1) is 15.2.